The van der Waals surface area contributed by atoms with Crippen molar-refractivity contribution in [2.45, 2.75) is 0 Å². The first kappa shape index (κ1) is 20.4. The molecule has 1 aliphatic rings. The van der Waals surface area contributed by atoms with Crippen molar-refractivity contribution in [1.82, 2.24) is 23.1 Å². The molecule has 0 radical (unpaired) electrons. The lowest BCUT2D eigenvalue weighted by Crippen LogP contribution is -2.37. The summed E-state index contributed by atoms with van der Waals surface area (Å²) in [6, 6.07) is 11.0. The van der Waals surface area contributed by atoms with E-state index < -0.39 is 11.2 Å². The van der Waals surface area contributed by atoms with Crippen LogP contribution in [0.1, 0.15) is 0 Å². The summed E-state index contributed by atoms with van der Waals surface area (Å²) in [6.45, 7) is 0.145. The molecule has 6 rings (SSSR count). The van der Waals surface area contributed by atoms with Gasteiger partial charge in [0.1, 0.15) is 5.75 Å². The Balaban J connectivity index is 1.73. The van der Waals surface area contributed by atoms with Gasteiger partial charge in [-0.1, -0.05) is 11.6 Å². The predicted molar refractivity (Wildman–Crippen MR) is 126 cm³/mol. The molecule has 11 heteroatoms. The zero-order valence-electron chi connectivity index (χ0n) is 18.4. The van der Waals surface area contributed by atoms with E-state index in [1.807, 2.05) is 28.8 Å². The molecule has 0 saturated heterocycles. The van der Waals surface area contributed by atoms with E-state index in [4.69, 9.17) is 30.8 Å². The van der Waals surface area contributed by atoms with Crippen LogP contribution in [0.2, 0.25) is 5.02 Å². The van der Waals surface area contributed by atoms with Gasteiger partial charge in [0.2, 0.25) is 12.6 Å². The van der Waals surface area contributed by atoms with Gasteiger partial charge < -0.3 is 14.2 Å². The SMILES string of the molecule is COc1ccc(-c2cn3c4c(=O)n(C)c(=O)n(C)c4nc3n2-c2ccc3c(c2)OCO3)cc1Cl. The molecular weight excluding hydrogens is 462 g/mol. The number of hydrogen-bond acceptors (Lipinski definition) is 6. The molecule has 2 aromatic carbocycles. The normalized spacial score (nSPS) is 12.7. The van der Waals surface area contributed by atoms with Crippen LogP contribution in [0.3, 0.4) is 0 Å². The van der Waals surface area contributed by atoms with Crippen LogP contribution in [0.25, 0.3) is 33.9 Å². The molecule has 0 bridgehead atoms. The number of nitrogens with zero attached hydrogens (tertiary/aromatic N) is 5. The Kier molecular flexibility index (Phi) is 4.30. The summed E-state index contributed by atoms with van der Waals surface area (Å²) in [5.74, 6) is 2.24. The first-order valence-corrected chi connectivity index (χ1v) is 10.7. The molecule has 10 nitrogen and oxygen atoms in total. The van der Waals surface area contributed by atoms with E-state index in [-0.39, 0.29) is 12.4 Å². The number of ether oxygens (including phenoxy) is 3. The minimum atomic E-state index is -0.449. The van der Waals surface area contributed by atoms with E-state index in [1.54, 1.807) is 36.9 Å². The third kappa shape index (κ3) is 2.72. The van der Waals surface area contributed by atoms with E-state index in [9.17, 15) is 9.59 Å². The van der Waals surface area contributed by atoms with Crippen LogP contribution in [0, 0.1) is 0 Å². The van der Waals surface area contributed by atoms with Crippen LogP contribution in [-0.2, 0) is 14.1 Å². The molecule has 3 aromatic heterocycles. The van der Waals surface area contributed by atoms with Crippen LogP contribution in [-0.4, -0.2) is 37.0 Å². The number of aromatic nitrogens is 5. The number of hydrogen-bond donors (Lipinski definition) is 0. The van der Waals surface area contributed by atoms with E-state index in [2.05, 4.69) is 0 Å². The highest BCUT2D eigenvalue weighted by Crippen LogP contribution is 2.37. The van der Waals surface area contributed by atoms with Crippen LogP contribution in [0.4, 0.5) is 0 Å². The molecule has 0 amide bonds. The van der Waals surface area contributed by atoms with Crippen molar-refractivity contribution in [3.05, 3.63) is 68.5 Å². The number of imidazole rings is 2. The topological polar surface area (TPSA) is 93.9 Å². The minimum absolute atomic E-state index is 0.145. The second-order valence-electron chi connectivity index (χ2n) is 7.90. The van der Waals surface area contributed by atoms with Crippen molar-refractivity contribution in [3.63, 3.8) is 0 Å². The Labute approximate surface area is 196 Å². The largest absolute Gasteiger partial charge is 0.495 e. The summed E-state index contributed by atoms with van der Waals surface area (Å²) in [5.41, 5.74) is 1.94. The van der Waals surface area contributed by atoms with Crippen molar-refractivity contribution in [1.29, 1.82) is 0 Å². The van der Waals surface area contributed by atoms with Gasteiger partial charge in [0.05, 0.1) is 23.5 Å². The third-order valence-electron chi connectivity index (χ3n) is 6.03. The van der Waals surface area contributed by atoms with Crippen LogP contribution < -0.4 is 25.5 Å². The number of fused-ring (bicyclic) bond motifs is 4. The highest BCUT2D eigenvalue weighted by atomic mass is 35.5. The second-order valence-corrected chi connectivity index (χ2v) is 8.30. The maximum Gasteiger partial charge on any atom is 0.332 e. The molecule has 0 fully saturated rings. The average molecular weight is 480 g/mol. The number of aryl methyl sites for hydroxylation is 1. The number of methoxy groups -OCH3 is 1. The van der Waals surface area contributed by atoms with Crippen LogP contribution in [0.5, 0.6) is 17.2 Å². The molecule has 34 heavy (non-hydrogen) atoms. The predicted octanol–water partition coefficient (Wildman–Crippen LogP) is 2.73. The summed E-state index contributed by atoms with van der Waals surface area (Å²) in [5, 5.41) is 0.444. The highest BCUT2D eigenvalue weighted by molar-refractivity contribution is 6.32. The van der Waals surface area contributed by atoms with E-state index in [0.29, 0.717) is 33.6 Å². The van der Waals surface area contributed by atoms with Gasteiger partial charge in [-0.3, -0.25) is 22.9 Å². The van der Waals surface area contributed by atoms with Gasteiger partial charge in [-0.15, -0.1) is 0 Å². The minimum Gasteiger partial charge on any atom is -0.495 e. The number of rotatable bonds is 3. The molecule has 172 valence electrons. The zero-order chi connectivity index (χ0) is 23.7. The summed E-state index contributed by atoms with van der Waals surface area (Å²) in [6.07, 6.45) is 1.80. The van der Waals surface area contributed by atoms with Gasteiger partial charge in [-0.05, 0) is 30.3 Å². The molecule has 1 aliphatic heterocycles. The van der Waals surface area contributed by atoms with Crippen molar-refractivity contribution < 1.29 is 14.2 Å². The van der Waals surface area contributed by atoms with Crippen LogP contribution in [0.15, 0.2) is 52.2 Å². The second kappa shape index (κ2) is 7.16. The zero-order valence-corrected chi connectivity index (χ0v) is 19.2. The molecule has 0 N–H and O–H groups in total. The summed E-state index contributed by atoms with van der Waals surface area (Å²) in [7, 11) is 4.59. The lowest BCUT2D eigenvalue weighted by Gasteiger charge is -2.11. The Morgan fingerprint density at radius 1 is 1.03 bits per heavy atom. The number of benzene rings is 2. The van der Waals surface area contributed by atoms with Gasteiger partial charge >= 0.3 is 5.69 Å². The van der Waals surface area contributed by atoms with Gasteiger partial charge in [0.15, 0.2) is 22.7 Å². The highest BCUT2D eigenvalue weighted by Gasteiger charge is 2.23. The maximum atomic E-state index is 13.1. The Morgan fingerprint density at radius 2 is 1.82 bits per heavy atom. The van der Waals surface area contributed by atoms with Crippen molar-refractivity contribution in [2.75, 3.05) is 13.9 Å². The quantitative estimate of drug-likeness (QED) is 0.395. The van der Waals surface area contributed by atoms with Gasteiger partial charge in [-0.25, -0.2) is 4.79 Å². The average Bonchev–Trinajstić information content (AvgIpc) is 3.54. The maximum absolute atomic E-state index is 13.1. The molecular formula is C23H18ClN5O5. The Bertz CT molecular complexity index is 1760. The summed E-state index contributed by atoms with van der Waals surface area (Å²) >= 11 is 6.42. The molecule has 0 saturated carbocycles. The van der Waals surface area contributed by atoms with Gasteiger partial charge in [0, 0.05) is 31.9 Å². The standard InChI is InChI=1S/C23H18ClN5O5/c1-26-20-19(21(30)27(2)23(26)31)28-10-15(12-4-6-16(32-3)14(24)8-12)29(22(28)25-20)13-5-7-17-18(9-13)34-11-33-17/h4-10H,11H2,1-3H3. The first-order valence-electron chi connectivity index (χ1n) is 10.3. The number of halogens is 1. The fourth-order valence-corrected chi connectivity index (χ4v) is 4.54. The van der Waals surface area contributed by atoms with Gasteiger partial charge in [-0.2, -0.15) is 4.98 Å². The molecule has 4 heterocycles. The fourth-order valence-electron chi connectivity index (χ4n) is 4.28. The van der Waals surface area contributed by atoms with E-state index >= 15 is 0 Å². The van der Waals surface area contributed by atoms with E-state index in [0.717, 1.165) is 21.5 Å². The smallest absolute Gasteiger partial charge is 0.332 e. The van der Waals surface area contributed by atoms with Crippen LogP contribution >= 0.6 is 11.6 Å². The summed E-state index contributed by atoms with van der Waals surface area (Å²) in [4.78, 5) is 30.2. The lowest BCUT2D eigenvalue weighted by atomic mass is 10.1. The van der Waals surface area contributed by atoms with E-state index in [1.165, 1.54) is 11.6 Å². The Morgan fingerprint density at radius 3 is 2.59 bits per heavy atom. The molecule has 0 aliphatic carbocycles. The van der Waals surface area contributed by atoms with Crippen molar-refractivity contribution in [3.8, 4) is 34.2 Å². The fraction of sp³-hybridized carbons (Fsp3) is 0.174. The molecule has 0 spiro atoms. The molecule has 0 unspecified atom stereocenters. The summed E-state index contributed by atoms with van der Waals surface area (Å²) < 4.78 is 22.3. The van der Waals surface area contributed by atoms with Gasteiger partial charge in [0.25, 0.3) is 5.56 Å². The Hall–Kier alpha value is -4.18. The third-order valence-corrected chi connectivity index (χ3v) is 6.32. The lowest BCUT2D eigenvalue weighted by molar-refractivity contribution is 0.174. The molecule has 0 atom stereocenters. The molecule has 5 aromatic rings. The monoisotopic (exact) mass is 479 g/mol. The van der Waals surface area contributed by atoms with Crippen molar-refractivity contribution in [2.24, 2.45) is 14.1 Å². The first-order chi connectivity index (χ1) is 16.4. The van der Waals surface area contributed by atoms with Crippen molar-refractivity contribution >= 4 is 28.5 Å².